The molecule has 118 valence electrons. The molecule has 0 radical (unpaired) electrons. The smallest absolute Gasteiger partial charge is 0.251 e. The molecule has 3 aromatic rings. The molecule has 2 heterocycles. The number of hydrogen-bond donors (Lipinski definition) is 1. The molecular formula is C14H12N4O3S2. The number of hydrogen-bond acceptors (Lipinski definition) is 7. The van der Waals surface area contributed by atoms with Gasteiger partial charge < -0.3 is 4.52 Å². The molecule has 9 heteroatoms. The summed E-state index contributed by atoms with van der Waals surface area (Å²) in [5, 5.41) is 5.78. The summed E-state index contributed by atoms with van der Waals surface area (Å²) in [6, 6.07) is 6.23. The van der Waals surface area contributed by atoms with Crippen LogP contribution in [0.2, 0.25) is 0 Å². The standard InChI is InChI=1S/C14H12N4O3S2/c1-15-23(19,20)12-5-2-10(3-6-12)14-17-13(21-18-14)7-4-11-8-22-9-16-11/h2-9,15H,1H3/b7-4+. The molecular weight excluding hydrogens is 336 g/mol. The zero-order valence-corrected chi connectivity index (χ0v) is 13.6. The maximum atomic E-state index is 11.7. The van der Waals surface area contributed by atoms with Gasteiger partial charge in [0.15, 0.2) is 0 Å². The van der Waals surface area contributed by atoms with Crippen molar-refractivity contribution in [1.29, 1.82) is 0 Å². The third kappa shape index (κ3) is 3.52. The Labute approximate surface area is 136 Å². The first-order valence-electron chi connectivity index (χ1n) is 6.52. The van der Waals surface area contributed by atoms with E-state index in [9.17, 15) is 8.42 Å². The molecule has 0 aliphatic heterocycles. The number of thiazole rings is 1. The molecule has 0 bridgehead atoms. The lowest BCUT2D eigenvalue weighted by Crippen LogP contribution is -2.18. The molecule has 1 aromatic carbocycles. The second kappa shape index (κ2) is 6.41. The minimum atomic E-state index is -3.46. The molecule has 3 rings (SSSR count). The SMILES string of the molecule is CNS(=O)(=O)c1ccc(-c2noc(/C=C/c3cscn3)n2)cc1. The highest BCUT2D eigenvalue weighted by atomic mass is 32.2. The van der Waals surface area contributed by atoms with Crippen molar-refractivity contribution in [2.45, 2.75) is 4.90 Å². The molecule has 0 spiro atoms. The Balaban J connectivity index is 1.80. The first-order chi connectivity index (χ1) is 11.1. The van der Waals surface area contributed by atoms with Gasteiger partial charge in [-0.2, -0.15) is 4.98 Å². The van der Waals surface area contributed by atoms with E-state index >= 15 is 0 Å². The van der Waals surface area contributed by atoms with E-state index in [1.807, 2.05) is 5.38 Å². The Kier molecular flexibility index (Phi) is 4.33. The van der Waals surface area contributed by atoms with Gasteiger partial charge in [0, 0.05) is 17.0 Å². The van der Waals surface area contributed by atoms with Crippen LogP contribution in [0.1, 0.15) is 11.6 Å². The number of benzene rings is 1. The summed E-state index contributed by atoms with van der Waals surface area (Å²) in [6.45, 7) is 0. The van der Waals surface area contributed by atoms with E-state index in [4.69, 9.17) is 4.52 Å². The summed E-state index contributed by atoms with van der Waals surface area (Å²) >= 11 is 1.50. The Hall–Kier alpha value is -2.36. The Morgan fingerprint density at radius 2 is 2.00 bits per heavy atom. The average molecular weight is 348 g/mol. The number of nitrogens with zero attached hydrogens (tertiary/aromatic N) is 3. The van der Waals surface area contributed by atoms with Gasteiger partial charge in [-0.25, -0.2) is 18.1 Å². The molecule has 0 fully saturated rings. The monoisotopic (exact) mass is 348 g/mol. The van der Waals surface area contributed by atoms with E-state index in [1.54, 1.807) is 29.8 Å². The number of sulfonamides is 1. The second-order valence-corrected chi connectivity index (χ2v) is 7.04. The number of rotatable bonds is 5. The Morgan fingerprint density at radius 1 is 1.22 bits per heavy atom. The van der Waals surface area contributed by atoms with Gasteiger partial charge in [0.2, 0.25) is 15.8 Å². The number of aromatic nitrogens is 3. The molecule has 0 aliphatic rings. The summed E-state index contributed by atoms with van der Waals surface area (Å²) in [4.78, 5) is 8.53. The molecule has 7 nitrogen and oxygen atoms in total. The molecule has 0 atom stereocenters. The van der Waals surface area contributed by atoms with Crippen molar-refractivity contribution in [2.75, 3.05) is 7.05 Å². The second-order valence-electron chi connectivity index (χ2n) is 4.43. The zero-order valence-electron chi connectivity index (χ0n) is 12.0. The van der Waals surface area contributed by atoms with Crippen molar-refractivity contribution >= 4 is 33.5 Å². The van der Waals surface area contributed by atoms with Crippen LogP contribution in [0.15, 0.2) is 44.6 Å². The van der Waals surface area contributed by atoms with Crippen molar-refractivity contribution in [3.8, 4) is 11.4 Å². The topological polar surface area (TPSA) is 98.0 Å². The lowest BCUT2D eigenvalue weighted by molar-refractivity contribution is 0.411. The predicted octanol–water partition coefficient (Wildman–Crippen LogP) is 2.27. The maximum absolute atomic E-state index is 11.7. The van der Waals surface area contributed by atoms with Crippen LogP contribution in [-0.2, 0) is 10.0 Å². The maximum Gasteiger partial charge on any atom is 0.251 e. The van der Waals surface area contributed by atoms with Crippen LogP contribution >= 0.6 is 11.3 Å². The predicted molar refractivity (Wildman–Crippen MR) is 87.0 cm³/mol. The van der Waals surface area contributed by atoms with Crippen molar-refractivity contribution in [2.24, 2.45) is 0 Å². The lowest BCUT2D eigenvalue weighted by Gasteiger charge is -2.02. The minimum absolute atomic E-state index is 0.177. The van der Waals surface area contributed by atoms with Gasteiger partial charge in [-0.05, 0) is 37.4 Å². The van der Waals surface area contributed by atoms with Crippen molar-refractivity contribution in [3.05, 3.63) is 46.7 Å². The van der Waals surface area contributed by atoms with Crippen LogP contribution in [0.25, 0.3) is 23.5 Å². The quantitative estimate of drug-likeness (QED) is 0.759. The molecule has 2 aromatic heterocycles. The normalized spacial score (nSPS) is 12.0. The van der Waals surface area contributed by atoms with E-state index in [2.05, 4.69) is 19.8 Å². The molecule has 23 heavy (non-hydrogen) atoms. The third-order valence-electron chi connectivity index (χ3n) is 2.98. The number of nitrogens with one attached hydrogen (secondary N) is 1. The van der Waals surface area contributed by atoms with Crippen LogP contribution in [-0.4, -0.2) is 30.6 Å². The van der Waals surface area contributed by atoms with Crippen LogP contribution in [0.3, 0.4) is 0 Å². The highest BCUT2D eigenvalue weighted by molar-refractivity contribution is 7.89. The lowest BCUT2D eigenvalue weighted by atomic mass is 10.2. The Morgan fingerprint density at radius 3 is 2.65 bits per heavy atom. The third-order valence-corrected chi connectivity index (χ3v) is 5.02. The molecule has 1 N–H and O–H groups in total. The highest BCUT2D eigenvalue weighted by Crippen LogP contribution is 2.19. The minimum Gasteiger partial charge on any atom is -0.334 e. The van der Waals surface area contributed by atoms with Gasteiger partial charge in [0.05, 0.1) is 16.1 Å². The van der Waals surface area contributed by atoms with Crippen molar-refractivity contribution < 1.29 is 12.9 Å². The van der Waals surface area contributed by atoms with Crippen molar-refractivity contribution in [3.63, 3.8) is 0 Å². The van der Waals surface area contributed by atoms with Crippen LogP contribution in [0.5, 0.6) is 0 Å². The average Bonchev–Trinajstić information content (AvgIpc) is 3.24. The summed E-state index contributed by atoms with van der Waals surface area (Å²) in [5.74, 6) is 0.733. The van der Waals surface area contributed by atoms with E-state index < -0.39 is 10.0 Å². The molecule has 0 saturated heterocycles. The van der Waals surface area contributed by atoms with Gasteiger partial charge in [0.25, 0.3) is 5.89 Å². The molecule has 0 unspecified atom stereocenters. The zero-order chi connectivity index (χ0) is 16.3. The van der Waals surface area contributed by atoms with E-state index in [0.29, 0.717) is 17.3 Å². The summed E-state index contributed by atoms with van der Waals surface area (Å²) in [7, 11) is -2.09. The van der Waals surface area contributed by atoms with Crippen molar-refractivity contribution in [1.82, 2.24) is 19.8 Å². The molecule has 0 amide bonds. The summed E-state index contributed by atoms with van der Waals surface area (Å²) < 4.78 is 30.7. The fraction of sp³-hybridized carbons (Fsp3) is 0.0714. The van der Waals surface area contributed by atoms with Crippen LogP contribution in [0.4, 0.5) is 0 Å². The van der Waals surface area contributed by atoms with Crippen LogP contribution in [0, 0.1) is 0 Å². The van der Waals surface area contributed by atoms with E-state index in [-0.39, 0.29) is 4.90 Å². The van der Waals surface area contributed by atoms with E-state index in [0.717, 1.165) is 5.69 Å². The fourth-order valence-electron chi connectivity index (χ4n) is 1.78. The largest absolute Gasteiger partial charge is 0.334 e. The van der Waals surface area contributed by atoms with Crippen LogP contribution < -0.4 is 4.72 Å². The first kappa shape index (κ1) is 15.5. The Bertz CT molecular complexity index is 913. The molecule has 0 saturated carbocycles. The van der Waals surface area contributed by atoms with E-state index in [1.165, 1.54) is 30.5 Å². The summed E-state index contributed by atoms with van der Waals surface area (Å²) in [5.41, 5.74) is 3.22. The first-order valence-corrected chi connectivity index (χ1v) is 8.95. The van der Waals surface area contributed by atoms with Gasteiger partial charge >= 0.3 is 0 Å². The van der Waals surface area contributed by atoms with Gasteiger partial charge in [0.1, 0.15) is 0 Å². The summed E-state index contributed by atoms with van der Waals surface area (Å²) in [6.07, 6.45) is 3.45. The fourth-order valence-corrected chi connectivity index (χ4v) is 3.03. The van der Waals surface area contributed by atoms with Gasteiger partial charge in [-0.1, -0.05) is 5.16 Å². The van der Waals surface area contributed by atoms with Gasteiger partial charge in [-0.15, -0.1) is 11.3 Å². The molecule has 0 aliphatic carbocycles. The highest BCUT2D eigenvalue weighted by Gasteiger charge is 2.12. The van der Waals surface area contributed by atoms with Gasteiger partial charge in [-0.3, -0.25) is 0 Å².